The number of carbonyl (C=O) groups excluding carboxylic acids is 1. The minimum absolute atomic E-state index is 0.135. The molecule has 0 unspecified atom stereocenters. The first-order valence-electron chi connectivity index (χ1n) is 9.11. The third-order valence-electron chi connectivity index (χ3n) is 4.72. The van der Waals surface area contributed by atoms with Crippen molar-refractivity contribution in [3.63, 3.8) is 0 Å². The van der Waals surface area contributed by atoms with Crippen LogP contribution < -0.4 is 5.32 Å². The maximum Gasteiger partial charge on any atom is 0.242 e. The lowest BCUT2D eigenvalue weighted by Crippen LogP contribution is -2.23. The number of carbonyl (C=O) groups is 1. The average Bonchev–Trinajstić information content (AvgIpc) is 3.14. The lowest BCUT2D eigenvalue weighted by molar-refractivity contribution is -0.115. The number of hydrogen-bond acceptors (Lipinski definition) is 4. The molecule has 1 heterocycles. The largest absolute Gasteiger partial charge is 0.326 e. The summed E-state index contributed by atoms with van der Waals surface area (Å²) in [4.78, 5) is 12.7. The van der Waals surface area contributed by atoms with E-state index in [2.05, 4.69) is 10.4 Å². The Kier molecular flexibility index (Phi) is 5.86. The van der Waals surface area contributed by atoms with Gasteiger partial charge in [0.2, 0.25) is 15.9 Å². The van der Waals surface area contributed by atoms with E-state index in [0.717, 1.165) is 26.7 Å². The van der Waals surface area contributed by atoms with Gasteiger partial charge in [0, 0.05) is 26.0 Å². The van der Waals surface area contributed by atoms with E-state index in [1.54, 1.807) is 23.1 Å². The first kappa shape index (κ1) is 20.8. The molecule has 0 saturated carbocycles. The van der Waals surface area contributed by atoms with Gasteiger partial charge in [-0.15, -0.1) is 0 Å². The standard InChI is InChI=1S/C21H24N4O3S/c1-15-10-19(29(27,28)24(3)4)12-20(16(15)2)23-21(26)11-17-13-22-25(14-17)18-8-6-5-7-9-18/h5-10,12-14H,11H2,1-4H3,(H,23,26). The van der Waals surface area contributed by atoms with E-state index in [1.807, 2.05) is 44.2 Å². The van der Waals surface area contributed by atoms with Crippen LogP contribution in [-0.4, -0.2) is 42.5 Å². The molecule has 2 aromatic carbocycles. The number of aromatic nitrogens is 2. The maximum atomic E-state index is 12.6. The quantitative estimate of drug-likeness (QED) is 0.675. The van der Waals surface area contributed by atoms with Crippen molar-refractivity contribution in [1.29, 1.82) is 0 Å². The minimum atomic E-state index is -3.59. The van der Waals surface area contributed by atoms with Gasteiger partial charge in [-0.05, 0) is 54.8 Å². The van der Waals surface area contributed by atoms with Gasteiger partial charge in [-0.25, -0.2) is 17.4 Å². The van der Waals surface area contributed by atoms with E-state index in [-0.39, 0.29) is 17.2 Å². The Morgan fingerprint density at radius 1 is 1.14 bits per heavy atom. The molecule has 0 aliphatic carbocycles. The number of nitrogens with zero attached hydrogens (tertiary/aromatic N) is 3. The SMILES string of the molecule is Cc1cc(S(=O)(=O)N(C)C)cc(NC(=O)Cc2cnn(-c3ccccc3)c2)c1C. The Hall–Kier alpha value is -2.97. The molecule has 0 aliphatic heterocycles. The molecule has 0 aliphatic rings. The summed E-state index contributed by atoms with van der Waals surface area (Å²) in [6.07, 6.45) is 3.59. The first-order chi connectivity index (χ1) is 13.7. The van der Waals surface area contributed by atoms with Gasteiger partial charge in [0.25, 0.3) is 0 Å². The Morgan fingerprint density at radius 3 is 2.48 bits per heavy atom. The highest BCUT2D eigenvalue weighted by atomic mass is 32.2. The maximum absolute atomic E-state index is 12.6. The molecule has 0 bridgehead atoms. The highest BCUT2D eigenvalue weighted by Crippen LogP contribution is 2.25. The number of anilines is 1. The zero-order chi connectivity index (χ0) is 21.2. The summed E-state index contributed by atoms with van der Waals surface area (Å²) < 4.78 is 27.8. The molecule has 0 atom stereocenters. The molecule has 7 nitrogen and oxygen atoms in total. The highest BCUT2D eigenvalue weighted by molar-refractivity contribution is 7.89. The normalized spacial score (nSPS) is 11.6. The second-order valence-corrected chi connectivity index (χ2v) is 9.21. The number of sulfonamides is 1. The summed E-state index contributed by atoms with van der Waals surface area (Å²) in [5, 5.41) is 7.14. The van der Waals surface area contributed by atoms with E-state index in [0.29, 0.717) is 5.69 Å². The molecule has 1 aromatic heterocycles. The Labute approximate surface area is 171 Å². The predicted molar refractivity (Wildman–Crippen MR) is 113 cm³/mol. The number of amides is 1. The number of rotatable bonds is 6. The summed E-state index contributed by atoms with van der Waals surface area (Å²) in [5.74, 6) is -0.237. The van der Waals surface area contributed by atoms with Crippen molar-refractivity contribution in [2.45, 2.75) is 25.2 Å². The summed E-state index contributed by atoms with van der Waals surface area (Å²) in [7, 11) is -0.633. The molecule has 152 valence electrons. The van der Waals surface area contributed by atoms with Gasteiger partial charge in [0.1, 0.15) is 0 Å². The topological polar surface area (TPSA) is 84.3 Å². The molecule has 0 saturated heterocycles. The fourth-order valence-electron chi connectivity index (χ4n) is 2.87. The van der Waals surface area contributed by atoms with Crippen LogP contribution in [0.15, 0.2) is 59.8 Å². The molecule has 0 radical (unpaired) electrons. The van der Waals surface area contributed by atoms with Crippen molar-refractivity contribution in [3.05, 3.63) is 71.5 Å². The van der Waals surface area contributed by atoms with Crippen LogP contribution in [0.5, 0.6) is 0 Å². The van der Waals surface area contributed by atoms with Crippen LogP contribution in [0.2, 0.25) is 0 Å². The van der Waals surface area contributed by atoms with Crippen LogP contribution in [0.25, 0.3) is 5.69 Å². The molecule has 1 N–H and O–H groups in total. The van der Waals surface area contributed by atoms with E-state index in [9.17, 15) is 13.2 Å². The third-order valence-corrected chi connectivity index (χ3v) is 6.51. The fraction of sp³-hybridized carbons (Fsp3) is 0.238. The van der Waals surface area contributed by atoms with E-state index in [4.69, 9.17) is 0 Å². The van der Waals surface area contributed by atoms with Crippen LogP contribution in [0, 0.1) is 13.8 Å². The minimum Gasteiger partial charge on any atom is -0.326 e. The van der Waals surface area contributed by atoms with Gasteiger partial charge in [-0.3, -0.25) is 4.79 Å². The summed E-state index contributed by atoms with van der Waals surface area (Å²) in [6, 6.07) is 12.7. The van der Waals surface area contributed by atoms with E-state index >= 15 is 0 Å². The van der Waals surface area contributed by atoms with Gasteiger partial charge >= 0.3 is 0 Å². The molecule has 0 fully saturated rings. The van der Waals surface area contributed by atoms with Crippen LogP contribution in [-0.2, 0) is 21.2 Å². The molecular formula is C21H24N4O3S. The summed E-state index contributed by atoms with van der Waals surface area (Å²) >= 11 is 0. The van der Waals surface area contributed by atoms with Crippen molar-refractivity contribution < 1.29 is 13.2 Å². The van der Waals surface area contributed by atoms with Gasteiger partial charge in [0.05, 0.1) is 23.2 Å². The summed E-state index contributed by atoms with van der Waals surface area (Å²) in [5.41, 5.74) is 3.78. The van der Waals surface area contributed by atoms with Crippen LogP contribution in [0.3, 0.4) is 0 Å². The van der Waals surface area contributed by atoms with E-state index in [1.165, 1.54) is 20.2 Å². The molecule has 8 heteroatoms. The predicted octanol–water partition coefficient (Wildman–Crippen LogP) is 2.92. The molecule has 1 amide bonds. The van der Waals surface area contributed by atoms with Gasteiger partial charge in [0.15, 0.2) is 0 Å². The van der Waals surface area contributed by atoms with Crippen LogP contribution in [0.4, 0.5) is 5.69 Å². The van der Waals surface area contributed by atoms with Gasteiger partial charge in [-0.1, -0.05) is 18.2 Å². The Morgan fingerprint density at radius 2 is 1.83 bits per heavy atom. The van der Waals surface area contributed by atoms with Crippen molar-refractivity contribution in [2.24, 2.45) is 0 Å². The lowest BCUT2D eigenvalue weighted by Gasteiger charge is -2.16. The van der Waals surface area contributed by atoms with E-state index < -0.39 is 10.0 Å². The number of aryl methyl sites for hydroxylation is 1. The number of benzene rings is 2. The van der Waals surface area contributed by atoms with Crippen molar-refractivity contribution >= 4 is 21.6 Å². The Bertz CT molecular complexity index is 1140. The molecule has 3 aromatic rings. The average molecular weight is 413 g/mol. The second-order valence-electron chi connectivity index (χ2n) is 7.05. The zero-order valence-electron chi connectivity index (χ0n) is 16.9. The lowest BCUT2D eigenvalue weighted by atomic mass is 10.1. The smallest absolute Gasteiger partial charge is 0.242 e. The van der Waals surface area contributed by atoms with Gasteiger partial charge in [-0.2, -0.15) is 5.10 Å². The fourth-order valence-corrected chi connectivity index (χ4v) is 3.88. The first-order valence-corrected chi connectivity index (χ1v) is 10.5. The van der Waals surface area contributed by atoms with Crippen LogP contribution >= 0.6 is 0 Å². The van der Waals surface area contributed by atoms with Crippen molar-refractivity contribution in [3.8, 4) is 5.69 Å². The Balaban J connectivity index is 1.79. The van der Waals surface area contributed by atoms with Crippen LogP contribution in [0.1, 0.15) is 16.7 Å². The second kappa shape index (κ2) is 8.18. The molecule has 3 rings (SSSR count). The summed E-state index contributed by atoms with van der Waals surface area (Å²) in [6.45, 7) is 3.67. The van der Waals surface area contributed by atoms with Gasteiger partial charge < -0.3 is 5.32 Å². The molecule has 29 heavy (non-hydrogen) atoms. The number of para-hydroxylation sites is 1. The number of hydrogen-bond donors (Lipinski definition) is 1. The zero-order valence-corrected chi connectivity index (χ0v) is 17.7. The third kappa shape index (κ3) is 4.55. The molecular weight excluding hydrogens is 388 g/mol. The highest BCUT2D eigenvalue weighted by Gasteiger charge is 2.20. The monoisotopic (exact) mass is 412 g/mol. The van der Waals surface area contributed by atoms with Crippen molar-refractivity contribution in [1.82, 2.24) is 14.1 Å². The molecule has 0 spiro atoms. The number of nitrogens with one attached hydrogen (secondary N) is 1. The van der Waals surface area contributed by atoms with Crippen molar-refractivity contribution in [2.75, 3.05) is 19.4 Å².